The van der Waals surface area contributed by atoms with Crippen molar-refractivity contribution in [3.63, 3.8) is 0 Å². The molecule has 2 aliphatic rings. The Labute approximate surface area is 132 Å². The lowest BCUT2D eigenvalue weighted by atomic mass is 9.97. The number of hydrogen-bond donors (Lipinski definition) is 1. The zero-order chi connectivity index (χ0) is 15.2. The van der Waals surface area contributed by atoms with Gasteiger partial charge >= 0.3 is 0 Å². The first kappa shape index (κ1) is 15.3. The minimum atomic E-state index is 0.758. The molecule has 0 aromatic carbocycles. The van der Waals surface area contributed by atoms with Gasteiger partial charge in [0.05, 0.1) is 13.2 Å². The number of aromatic nitrogens is 2. The van der Waals surface area contributed by atoms with Gasteiger partial charge in [0.15, 0.2) is 0 Å². The number of allylic oxidation sites excluding steroid dienone is 1. The predicted octanol–water partition coefficient (Wildman–Crippen LogP) is 2.92. The molecule has 120 valence electrons. The highest BCUT2D eigenvalue weighted by Crippen LogP contribution is 2.20. The van der Waals surface area contributed by atoms with Crippen molar-refractivity contribution in [2.75, 3.05) is 43.1 Å². The number of morpholine rings is 1. The molecule has 1 aromatic heterocycles. The van der Waals surface area contributed by atoms with E-state index in [4.69, 9.17) is 4.74 Å². The first-order valence-corrected chi connectivity index (χ1v) is 8.41. The normalized spacial score (nSPS) is 19.0. The third-order valence-corrected chi connectivity index (χ3v) is 4.27. The summed E-state index contributed by atoms with van der Waals surface area (Å²) in [5.41, 5.74) is 2.61. The van der Waals surface area contributed by atoms with Gasteiger partial charge in [-0.25, -0.2) is 4.98 Å². The van der Waals surface area contributed by atoms with Crippen LogP contribution in [0.4, 0.5) is 11.8 Å². The van der Waals surface area contributed by atoms with Crippen molar-refractivity contribution in [3.8, 4) is 0 Å². The van der Waals surface area contributed by atoms with Crippen molar-refractivity contribution < 1.29 is 4.74 Å². The Morgan fingerprint density at radius 3 is 2.86 bits per heavy atom. The topological polar surface area (TPSA) is 50.3 Å². The second-order valence-corrected chi connectivity index (χ2v) is 6.08. The number of nitrogens with zero attached hydrogens (tertiary/aromatic N) is 3. The molecule has 5 heteroatoms. The van der Waals surface area contributed by atoms with E-state index in [-0.39, 0.29) is 0 Å². The van der Waals surface area contributed by atoms with E-state index in [2.05, 4.69) is 26.3 Å². The van der Waals surface area contributed by atoms with Gasteiger partial charge in [-0.3, -0.25) is 0 Å². The van der Waals surface area contributed by atoms with Gasteiger partial charge in [0.2, 0.25) is 5.95 Å². The lowest BCUT2D eigenvalue weighted by molar-refractivity contribution is 0.122. The Morgan fingerprint density at radius 2 is 2.09 bits per heavy atom. The van der Waals surface area contributed by atoms with Gasteiger partial charge in [-0.1, -0.05) is 11.6 Å². The average molecular weight is 302 g/mol. The molecule has 0 radical (unpaired) electrons. The third-order valence-electron chi connectivity index (χ3n) is 4.27. The van der Waals surface area contributed by atoms with E-state index in [1.54, 1.807) is 5.57 Å². The van der Waals surface area contributed by atoms with Crippen molar-refractivity contribution in [1.82, 2.24) is 9.97 Å². The van der Waals surface area contributed by atoms with E-state index >= 15 is 0 Å². The van der Waals surface area contributed by atoms with Gasteiger partial charge in [0.25, 0.3) is 0 Å². The summed E-state index contributed by atoms with van der Waals surface area (Å²) in [6.07, 6.45) is 8.75. The molecule has 0 bridgehead atoms. The second kappa shape index (κ2) is 7.58. The highest BCUT2D eigenvalue weighted by atomic mass is 16.5. The van der Waals surface area contributed by atoms with Gasteiger partial charge in [-0.05, 0) is 39.0 Å². The molecule has 1 fully saturated rings. The third kappa shape index (κ3) is 4.19. The Kier molecular flexibility index (Phi) is 5.27. The minimum absolute atomic E-state index is 0.758. The first-order chi connectivity index (χ1) is 10.8. The SMILES string of the molecule is Cc1cc(NCCC2=CCCCC2)nc(N2CCOCC2)n1. The van der Waals surface area contributed by atoms with Crippen LogP contribution in [0, 0.1) is 6.92 Å². The summed E-state index contributed by atoms with van der Waals surface area (Å²) >= 11 is 0. The molecular formula is C17H26N4O. The monoisotopic (exact) mass is 302 g/mol. The number of anilines is 2. The lowest BCUT2D eigenvalue weighted by Gasteiger charge is -2.27. The number of aryl methyl sites for hydroxylation is 1. The molecule has 0 atom stereocenters. The largest absolute Gasteiger partial charge is 0.378 e. The number of nitrogens with one attached hydrogen (secondary N) is 1. The van der Waals surface area contributed by atoms with Crippen molar-refractivity contribution in [3.05, 3.63) is 23.4 Å². The van der Waals surface area contributed by atoms with Crippen molar-refractivity contribution in [1.29, 1.82) is 0 Å². The van der Waals surface area contributed by atoms with Crippen LogP contribution in [-0.4, -0.2) is 42.8 Å². The Hall–Kier alpha value is -1.62. The van der Waals surface area contributed by atoms with Gasteiger partial charge in [-0.15, -0.1) is 0 Å². The fourth-order valence-corrected chi connectivity index (χ4v) is 3.03. The summed E-state index contributed by atoms with van der Waals surface area (Å²) in [5, 5.41) is 3.46. The average Bonchev–Trinajstić information content (AvgIpc) is 2.56. The molecule has 0 amide bonds. The van der Waals surface area contributed by atoms with Crippen LogP contribution < -0.4 is 10.2 Å². The van der Waals surface area contributed by atoms with E-state index < -0.39 is 0 Å². The van der Waals surface area contributed by atoms with Crippen LogP contribution in [0.5, 0.6) is 0 Å². The van der Waals surface area contributed by atoms with Crippen LogP contribution in [0.1, 0.15) is 37.8 Å². The maximum atomic E-state index is 5.39. The quantitative estimate of drug-likeness (QED) is 0.848. The highest BCUT2D eigenvalue weighted by Gasteiger charge is 2.15. The van der Waals surface area contributed by atoms with Crippen LogP contribution >= 0.6 is 0 Å². The van der Waals surface area contributed by atoms with Gasteiger partial charge in [-0.2, -0.15) is 4.98 Å². The van der Waals surface area contributed by atoms with E-state index in [0.29, 0.717) is 0 Å². The molecule has 0 saturated carbocycles. The zero-order valence-electron chi connectivity index (χ0n) is 13.5. The fourth-order valence-electron chi connectivity index (χ4n) is 3.03. The molecule has 5 nitrogen and oxygen atoms in total. The van der Waals surface area contributed by atoms with Gasteiger partial charge in [0, 0.05) is 31.4 Å². The smallest absolute Gasteiger partial charge is 0.227 e. The predicted molar refractivity (Wildman–Crippen MR) is 89.5 cm³/mol. The molecule has 2 heterocycles. The lowest BCUT2D eigenvalue weighted by Crippen LogP contribution is -2.37. The molecule has 1 aliphatic heterocycles. The number of hydrogen-bond acceptors (Lipinski definition) is 5. The van der Waals surface area contributed by atoms with Crippen LogP contribution in [0.25, 0.3) is 0 Å². The molecule has 1 saturated heterocycles. The molecule has 1 aromatic rings. The summed E-state index contributed by atoms with van der Waals surface area (Å²) in [5.74, 6) is 1.76. The van der Waals surface area contributed by atoms with Crippen LogP contribution in [0.15, 0.2) is 17.7 Å². The molecule has 1 N–H and O–H groups in total. The number of rotatable bonds is 5. The zero-order valence-corrected chi connectivity index (χ0v) is 13.5. The molecule has 0 spiro atoms. The Balaban J connectivity index is 1.58. The van der Waals surface area contributed by atoms with Gasteiger partial charge in [0.1, 0.15) is 5.82 Å². The maximum Gasteiger partial charge on any atom is 0.227 e. The molecule has 0 unspecified atom stereocenters. The van der Waals surface area contributed by atoms with E-state index in [1.165, 1.54) is 25.7 Å². The maximum absolute atomic E-state index is 5.39. The number of ether oxygens (including phenoxy) is 1. The van der Waals surface area contributed by atoms with E-state index in [9.17, 15) is 0 Å². The highest BCUT2D eigenvalue weighted by molar-refractivity contribution is 5.44. The molecule has 22 heavy (non-hydrogen) atoms. The summed E-state index contributed by atoms with van der Waals surface area (Å²) in [7, 11) is 0. The van der Waals surface area contributed by atoms with Crippen LogP contribution in [0.3, 0.4) is 0 Å². The molecular weight excluding hydrogens is 276 g/mol. The van der Waals surface area contributed by atoms with Gasteiger partial charge < -0.3 is 15.0 Å². The molecule has 1 aliphatic carbocycles. The minimum Gasteiger partial charge on any atom is -0.378 e. The first-order valence-electron chi connectivity index (χ1n) is 8.41. The second-order valence-electron chi connectivity index (χ2n) is 6.08. The summed E-state index contributed by atoms with van der Waals surface area (Å²) in [6, 6.07) is 2.03. The summed E-state index contributed by atoms with van der Waals surface area (Å²) < 4.78 is 5.39. The van der Waals surface area contributed by atoms with Crippen molar-refractivity contribution in [2.24, 2.45) is 0 Å². The van der Waals surface area contributed by atoms with E-state index in [1.807, 2.05) is 13.0 Å². The van der Waals surface area contributed by atoms with Crippen LogP contribution in [-0.2, 0) is 4.74 Å². The van der Waals surface area contributed by atoms with Crippen molar-refractivity contribution >= 4 is 11.8 Å². The molecule has 3 rings (SSSR count). The van der Waals surface area contributed by atoms with Crippen molar-refractivity contribution in [2.45, 2.75) is 39.0 Å². The Morgan fingerprint density at radius 1 is 1.23 bits per heavy atom. The summed E-state index contributed by atoms with van der Waals surface area (Å²) in [6.45, 7) is 6.24. The Bertz CT molecular complexity index is 523. The standard InChI is InChI=1S/C17H26N4O/c1-14-13-16(18-8-7-15-5-3-2-4-6-15)20-17(19-14)21-9-11-22-12-10-21/h5,13H,2-4,6-12H2,1H3,(H,18,19,20). The van der Waals surface area contributed by atoms with Crippen LogP contribution in [0.2, 0.25) is 0 Å². The summed E-state index contributed by atoms with van der Waals surface area (Å²) in [4.78, 5) is 11.4. The van der Waals surface area contributed by atoms with E-state index in [0.717, 1.165) is 56.7 Å². The fraction of sp³-hybridized carbons (Fsp3) is 0.647.